The fourth-order valence-electron chi connectivity index (χ4n) is 4.12. The maximum Gasteiger partial charge on any atom is 0.408 e. The molecule has 3 aromatic rings. The Morgan fingerprint density at radius 1 is 1.00 bits per heavy atom. The molecule has 3 N–H and O–H groups in total. The number of hydrogen-bond acceptors (Lipinski definition) is 5. The summed E-state index contributed by atoms with van der Waals surface area (Å²) >= 11 is 1.35. The van der Waals surface area contributed by atoms with E-state index in [1.807, 2.05) is 41.8 Å². The Labute approximate surface area is 201 Å². The highest BCUT2D eigenvalue weighted by Gasteiger charge is 2.30. The molecule has 1 aliphatic rings. The number of aliphatic carboxylic acids is 1. The molecule has 0 aliphatic heterocycles. The zero-order valence-electron chi connectivity index (χ0n) is 18.7. The lowest BCUT2D eigenvalue weighted by molar-refractivity contribution is -0.141. The molecule has 0 radical (unpaired) electrons. The fraction of sp³-hybridized carbons (Fsp3) is 0.269. The van der Waals surface area contributed by atoms with Gasteiger partial charge in [-0.25, -0.2) is 4.79 Å². The summed E-state index contributed by atoms with van der Waals surface area (Å²) in [5.41, 5.74) is 4.49. The van der Waals surface area contributed by atoms with Gasteiger partial charge in [0.15, 0.2) is 0 Å². The highest BCUT2D eigenvalue weighted by atomic mass is 32.1. The van der Waals surface area contributed by atoms with Gasteiger partial charge >= 0.3 is 12.1 Å². The van der Waals surface area contributed by atoms with E-state index in [0.29, 0.717) is 11.3 Å². The molecule has 1 aromatic heterocycles. The molecular formula is C26H26N2O5S. The van der Waals surface area contributed by atoms with Crippen LogP contribution in [0.15, 0.2) is 66.0 Å². The van der Waals surface area contributed by atoms with Crippen LogP contribution in [0.5, 0.6) is 0 Å². The zero-order chi connectivity index (χ0) is 24.1. The van der Waals surface area contributed by atoms with E-state index < -0.39 is 29.9 Å². The molecule has 2 aromatic carbocycles. The summed E-state index contributed by atoms with van der Waals surface area (Å²) in [6.45, 7) is 1.93. The first-order valence-corrected chi connectivity index (χ1v) is 12.0. The van der Waals surface area contributed by atoms with Crippen LogP contribution in [0.2, 0.25) is 0 Å². The Hall–Kier alpha value is -3.65. The molecule has 1 heterocycles. The molecule has 0 fully saturated rings. The van der Waals surface area contributed by atoms with Gasteiger partial charge < -0.3 is 20.5 Å². The number of thiophene rings is 1. The van der Waals surface area contributed by atoms with Crippen LogP contribution < -0.4 is 10.6 Å². The quantitative estimate of drug-likeness (QED) is 0.418. The highest BCUT2D eigenvalue weighted by Crippen LogP contribution is 2.44. The first-order valence-electron chi connectivity index (χ1n) is 11.1. The van der Waals surface area contributed by atoms with Crippen molar-refractivity contribution >= 4 is 29.3 Å². The van der Waals surface area contributed by atoms with E-state index in [9.17, 15) is 14.4 Å². The van der Waals surface area contributed by atoms with Gasteiger partial charge in [-0.3, -0.25) is 9.59 Å². The number of carboxylic acids is 1. The van der Waals surface area contributed by atoms with Crippen molar-refractivity contribution in [2.75, 3.05) is 13.2 Å². The third-order valence-corrected chi connectivity index (χ3v) is 6.93. The van der Waals surface area contributed by atoms with Crippen molar-refractivity contribution in [2.45, 2.75) is 25.3 Å². The molecule has 2 amide bonds. The number of amides is 2. The Morgan fingerprint density at radius 2 is 1.65 bits per heavy atom. The van der Waals surface area contributed by atoms with E-state index in [1.165, 1.54) is 11.3 Å². The predicted molar refractivity (Wildman–Crippen MR) is 130 cm³/mol. The number of fused-ring (bicyclic) bond motifs is 3. The van der Waals surface area contributed by atoms with Crippen molar-refractivity contribution in [1.29, 1.82) is 0 Å². The predicted octanol–water partition coefficient (Wildman–Crippen LogP) is 4.55. The molecule has 4 rings (SSSR count). The van der Waals surface area contributed by atoms with Crippen LogP contribution in [0.3, 0.4) is 0 Å². The smallest absolute Gasteiger partial charge is 0.408 e. The summed E-state index contributed by atoms with van der Waals surface area (Å²) in [5.74, 6) is -1.98. The van der Waals surface area contributed by atoms with Crippen molar-refractivity contribution < 1.29 is 24.2 Å². The molecule has 0 spiro atoms. The Balaban J connectivity index is 1.40. The summed E-state index contributed by atoms with van der Waals surface area (Å²) in [7, 11) is 0. The van der Waals surface area contributed by atoms with Gasteiger partial charge in [-0.05, 0) is 40.1 Å². The molecule has 0 saturated heterocycles. The van der Waals surface area contributed by atoms with E-state index in [-0.39, 0.29) is 19.1 Å². The van der Waals surface area contributed by atoms with Gasteiger partial charge in [-0.15, -0.1) is 11.3 Å². The molecule has 2 atom stereocenters. The van der Waals surface area contributed by atoms with Gasteiger partial charge in [0.1, 0.15) is 12.6 Å². The molecular weight excluding hydrogens is 452 g/mol. The topological polar surface area (TPSA) is 105 Å². The van der Waals surface area contributed by atoms with E-state index in [0.717, 1.165) is 22.3 Å². The summed E-state index contributed by atoms with van der Waals surface area (Å²) in [5, 5.41) is 16.2. The summed E-state index contributed by atoms with van der Waals surface area (Å²) in [6, 6.07) is 18.8. The summed E-state index contributed by atoms with van der Waals surface area (Å²) < 4.78 is 5.59. The van der Waals surface area contributed by atoms with E-state index in [2.05, 4.69) is 22.8 Å². The van der Waals surface area contributed by atoms with Gasteiger partial charge in [0.25, 0.3) is 0 Å². The van der Waals surface area contributed by atoms with Crippen molar-refractivity contribution in [3.8, 4) is 11.1 Å². The van der Waals surface area contributed by atoms with E-state index >= 15 is 0 Å². The molecule has 0 saturated carbocycles. The van der Waals surface area contributed by atoms with Crippen molar-refractivity contribution in [1.82, 2.24) is 10.6 Å². The molecule has 0 bridgehead atoms. The third-order valence-electron chi connectivity index (χ3n) is 5.99. The van der Waals surface area contributed by atoms with Crippen LogP contribution in [-0.2, 0) is 14.3 Å². The molecule has 8 heteroatoms. The number of rotatable bonds is 9. The largest absolute Gasteiger partial charge is 0.481 e. The first kappa shape index (κ1) is 23.5. The molecule has 2 unspecified atom stereocenters. The number of carboxylic acid groups (broad SMARTS) is 1. The average Bonchev–Trinajstić information content (AvgIpc) is 3.48. The normalized spacial score (nSPS) is 13.9. The lowest BCUT2D eigenvalue weighted by atomic mass is 9.98. The number of benzene rings is 2. The Morgan fingerprint density at radius 3 is 2.24 bits per heavy atom. The number of carbonyl (C=O) groups excluding carboxylic acids is 2. The van der Waals surface area contributed by atoms with Gasteiger partial charge in [0.05, 0.1) is 5.92 Å². The number of nitrogens with one attached hydrogen (secondary N) is 2. The monoisotopic (exact) mass is 478 g/mol. The van der Waals surface area contributed by atoms with Crippen LogP contribution in [-0.4, -0.2) is 36.2 Å². The zero-order valence-corrected chi connectivity index (χ0v) is 19.5. The number of ether oxygens (including phenoxy) is 1. The number of carbonyl (C=O) groups is 3. The van der Waals surface area contributed by atoms with Crippen LogP contribution in [0.4, 0.5) is 4.79 Å². The van der Waals surface area contributed by atoms with Crippen LogP contribution in [0.25, 0.3) is 11.1 Å². The minimum atomic E-state index is -0.921. The van der Waals surface area contributed by atoms with Crippen LogP contribution in [0, 0.1) is 5.92 Å². The van der Waals surface area contributed by atoms with Crippen LogP contribution >= 0.6 is 11.3 Å². The van der Waals surface area contributed by atoms with Crippen molar-refractivity contribution in [3.05, 3.63) is 82.0 Å². The second-order valence-electron chi connectivity index (χ2n) is 8.24. The fourth-order valence-corrected chi connectivity index (χ4v) is 4.89. The molecule has 1 aliphatic carbocycles. The van der Waals surface area contributed by atoms with Crippen molar-refractivity contribution in [2.24, 2.45) is 5.92 Å². The van der Waals surface area contributed by atoms with Gasteiger partial charge in [0, 0.05) is 17.3 Å². The first-order chi connectivity index (χ1) is 16.5. The average molecular weight is 479 g/mol. The van der Waals surface area contributed by atoms with Gasteiger partial charge in [0.2, 0.25) is 5.91 Å². The molecule has 7 nitrogen and oxygen atoms in total. The van der Waals surface area contributed by atoms with Crippen molar-refractivity contribution in [3.63, 3.8) is 0 Å². The Bertz CT molecular complexity index is 1130. The maximum atomic E-state index is 12.8. The second-order valence-corrected chi connectivity index (χ2v) is 9.22. The lowest BCUT2D eigenvalue weighted by Gasteiger charge is -2.19. The number of alkyl carbamates (subject to hydrolysis) is 1. The third kappa shape index (κ3) is 5.12. The minimum absolute atomic E-state index is 0.0790. The van der Waals surface area contributed by atoms with Gasteiger partial charge in [-0.2, -0.15) is 0 Å². The Kier molecular flexibility index (Phi) is 7.27. The van der Waals surface area contributed by atoms with Crippen LogP contribution in [0.1, 0.15) is 41.3 Å². The van der Waals surface area contributed by atoms with E-state index in [1.54, 1.807) is 19.1 Å². The SMILES string of the molecule is CC(CCNC(=O)C(NC(=O)OCC1c2ccccc2-c2ccccc21)c1cccs1)C(=O)O. The van der Waals surface area contributed by atoms with Gasteiger partial charge in [-0.1, -0.05) is 61.5 Å². The van der Waals surface area contributed by atoms with E-state index in [4.69, 9.17) is 9.84 Å². The minimum Gasteiger partial charge on any atom is -0.481 e. The molecule has 34 heavy (non-hydrogen) atoms. The second kappa shape index (κ2) is 10.5. The summed E-state index contributed by atoms with van der Waals surface area (Å²) in [6.07, 6.45) is -0.391. The number of hydrogen-bond donors (Lipinski definition) is 3. The highest BCUT2D eigenvalue weighted by molar-refractivity contribution is 7.10. The maximum absolute atomic E-state index is 12.8. The summed E-state index contributed by atoms with van der Waals surface area (Å²) in [4.78, 5) is 37.2. The lowest BCUT2D eigenvalue weighted by Crippen LogP contribution is -2.41. The standard InChI is InChI=1S/C26H26N2O5S/c1-16(25(30)31)12-13-27-24(29)23(22-11-6-14-34-22)28-26(32)33-15-21-19-9-4-2-7-17(19)18-8-3-5-10-20(18)21/h2-11,14,16,21,23H,12-13,15H2,1H3,(H,27,29)(H,28,32)(H,30,31). The molecule has 176 valence electrons.